The third-order valence-electron chi connectivity index (χ3n) is 5.35. The lowest BCUT2D eigenvalue weighted by atomic mass is 9.98. The van der Waals surface area contributed by atoms with E-state index in [2.05, 4.69) is 25.3 Å². The Balaban J connectivity index is 1.80. The fourth-order valence-corrected chi connectivity index (χ4v) is 3.71. The number of aryl methyl sites for hydroxylation is 1. The number of aromatic nitrogens is 2. The second-order valence-electron chi connectivity index (χ2n) is 9.78. The maximum absolute atomic E-state index is 14.3. The first-order chi connectivity index (χ1) is 17.5. The van der Waals surface area contributed by atoms with E-state index < -0.39 is 54.6 Å². The fraction of sp³-hybridized carbons (Fsp3) is 0.500. The molecule has 1 saturated heterocycles. The third-order valence-corrected chi connectivity index (χ3v) is 5.35. The van der Waals surface area contributed by atoms with E-state index in [1.165, 1.54) is 12.1 Å². The van der Waals surface area contributed by atoms with Crippen LogP contribution in [-0.2, 0) is 4.74 Å². The van der Waals surface area contributed by atoms with Crippen LogP contribution in [0.3, 0.4) is 0 Å². The van der Waals surface area contributed by atoms with E-state index in [0.717, 1.165) is 23.2 Å². The zero-order valence-corrected chi connectivity index (χ0v) is 21.2. The van der Waals surface area contributed by atoms with Gasteiger partial charge in [-0.05, 0) is 51.8 Å². The average molecular weight is 546 g/mol. The van der Waals surface area contributed by atoms with Gasteiger partial charge in [-0.25, -0.2) is 23.5 Å². The Hall–Kier alpha value is -3.71. The summed E-state index contributed by atoms with van der Waals surface area (Å²) in [5.41, 5.74) is -0.519. The van der Waals surface area contributed by atoms with Crippen LogP contribution in [-0.4, -0.2) is 63.9 Å². The summed E-state index contributed by atoms with van der Waals surface area (Å²) in [7, 11) is 0. The predicted octanol–water partition coefficient (Wildman–Crippen LogP) is 5.19. The van der Waals surface area contributed by atoms with Crippen LogP contribution >= 0.6 is 0 Å². The van der Waals surface area contributed by atoms with E-state index >= 15 is 0 Å². The van der Waals surface area contributed by atoms with Crippen molar-refractivity contribution in [2.45, 2.75) is 64.5 Å². The Morgan fingerprint density at radius 3 is 2.53 bits per heavy atom. The minimum absolute atomic E-state index is 0.0443. The molecule has 9 nitrogen and oxygen atoms in total. The van der Waals surface area contributed by atoms with E-state index in [1.807, 2.05) is 0 Å². The van der Waals surface area contributed by atoms with Gasteiger partial charge in [0.2, 0.25) is 0 Å². The normalized spacial score (nSPS) is 17.5. The van der Waals surface area contributed by atoms with Gasteiger partial charge in [0.1, 0.15) is 28.7 Å². The summed E-state index contributed by atoms with van der Waals surface area (Å²) in [5, 5.41) is 5.20. The molecular weight excluding hydrogens is 517 g/mol. The number of nitrogens with one attached hydrogen (secondary N) is 2. The number of rotatable bonds is 6. The van der Waals surface area contributed by atoms with Gasteiger partial charge >= 0.3 is 12.5 Å². The van der Waals surface area contributed by atoms with Gasteiger partial charge in [-0.1, -0.05) is 6.07 Å². The molecule has 1 unspecified atom stereocenters. The molecule has 0 aromatic carbocycles. The van der Waals surface area contributed by atoms with Gasteiger partial charge in [-0.3, -0.25) is 4.79 Å². The summed E-state index contributed by atoms with van der Waals surface area (Å²) < 4.78 is 75.2. The zero-order valence-electron chi connectivity index (χ0n) is 21.2. The van der Waals surface area contributed by atoms with Crippen LogP contribution in [0.15, 0.2) is 30.5 Å². The monoisotopic (exact) mass is 545 g/mol. The molecule has 1 aliphatic heterocycles. The van der Waals surface area contributed by atoms with Gasteiger partial charge in [0.05, 0.1) is 12.6 Å². The van der Waals surface area contributed by atoms with Crippen molar-refractivity contribution in [3.63, 3.8) is 0 Å². The van der Waals surface area contributed by atoms with Crippen molar-refractivity contribution < 1.29 is 41.0 Å². The van der Waals surface area contributed by atoms with Crippen LogP contribution in [0.4, 0.5) is 38.4 Å². The fourth-order valence-electron chi connectivity index (χ4n) is 3.71. The summed E-state index contributed by atoms with van der Waals surface area (Å²) in [6.07, 6.45) is -5.09. The number of hydrogen-bond donors (Lipinski definition) is 2. The molecule has 0 spiro atoms. The molecule has 3 rings (SSSR count). The molecular formula is C24H28F5N5O4. The van der Waals surface area contributed by atoms with Gasteiger partial charge in [-0.2, -0.15) is 0 Å². The van der Waals surface area contributed by atoms with Gasteiger partial charge in [-0.15, -0.1) is 13.2 Å². The number of carbonyl (C=O) groups excluding carboxylic acids is 2. The van der Waals surface area contributed by atoms with E-state index in [-0.39, 0.29) is 30.3 Å². The third kappa shape index (κ3) is 8.42. The largest absolute Gasteiger partial charge is 0.573 e. The van der Waals surface area contributed by atoms with Crippen LogP contribution in [0.2, 0.25) is 0 Å². The SMILES string of the molecule is Cc1ccc(Nc2cc(OC(F)(F)F)ccn2)nc1C(=O)N1CC(F)(F)CCC1CNC(=O)OC(C)(C)C. The number of carbonyl (C=O) groups is 2. The molecule has 0 saturated carbocycles. The van der Waals surface area contributed by atoms with Crippen molar-refractivity contribution in [2.24, 2.45) is 0 Å². The molecule has 2 N–H and O–H groups in total. The molecule has 3 heterocycles. The first-order valence-corrected chi connectivity index (χ1v) is 11.6. The molecule has 1 fully saturated rings. The highest BCUT2D eigenvalue weighted by atomic mass is 19.4. The lowest BCUT2D eigenvalue weighted by Gasteiger charge is -2.39. The molecule has 0 bridgehead atoms. The minimum atomic E-state index is -4.90. The predicted molar refractivity (Wildman–Crippen MR) is 126 cm³/mol. The highest BCUT2D eigenvalue weighted by Gasteiger charge is 2.43. The van der Waals surface area contributed by atoms with Gasteiger partial charge in [0.25, 0.3) is 11.8 Å². The van der Waals surface area contributed by atoms with Crippen LogP contribution in [0.25, 0.3) is 0 Å². The highest BCUT2D eigenvalue weighted by Crippen LogP contribution is 2.32. The first kappa shape index (κ1) is 28.9. The van der Waals surface area contributed by atoms with Crippen LogP contribution < -0.4 is 15.4 Å². The van der Waals surface area contributed by atoms with Crippen molar-refractivity contribution in [1.82, 2.24) is 20.2 Å². The standard InChI is InChI=1S/C24H28F5N5O4/c1-14-5-6-17(32-18-11-16(8-10-30-18)37-24(27,28)29)33-19(14)20(35)34-13-23(25,26)9-7-15(34)12-31-21(36)38-22(2,3)4/h5-6,8,10-11,15H,7,9,12-13H2,1-4H3,(H,31,36)(H,30,32,33). The Morgan fingerprint density at radius 2 is 1.87 bits per heavy atom. The molecule has 208 valence electrons. The lowest BCUT2D eigenvalue weighted by molar-refractivity contribution is -0.274. The zero-order chi connectivity index (χ0) is 28.3. The number of halogens is 5. The number of amides is 2. The Labute approximate surface area is 215 Å². The molecule has 14 heteroatoms. The average Bonchev–Trinajstić information content (AvgIpc) is 2.76. The minimum Gasteiger partial charge on any atom is -0.444 e. The number of alkyl carbamates (subject to hydrolysis) is 1. The molecule has 2 amide bonds. The molecule has 1 atom stereocenters. The number of ether oxygens (including phenoxy) is 2. The molecule has 2 aromatic rings. The molecule has 1 aliphatic rings. The quantitative estimate of drug-likeness (QED) is 0.481. The summed E-state index contributed by atoms with van der Waals surface area (Å²) in [4.78, 5) is 34.6. The Morgan fingerprint density at radius 1 is 1.16 bits per heavy atom. The smallest absolute Gasteiger partial charge is 0.444 e. The molecule has 38 heavy (non-hydrogen) atoms. The van der Waals surface area contributed by atoms with Gasteiger partial charge in [0.15, 0.2) is 0 Å². The topological polar surface area (TPSA) is 106 Å². The molecule has 0 radical (unpaired) electrons. The number of nitrogens with zero attached hydrogens (tertiary/aromatic N) is 3. The Bertz CT molecular complexity index is 1170. The van der Waals surface area contributed by atoms with E-state index in [9.17, 15) is 31.5 Å². The van der Waals surface area contributed by atoms with E-state index in [4.69, 9.17) is 4.74 Å². The first-order valence-electron chi connectivity index (χ1n) is 11.6. The summed E-state index contributed by atoms with van der Waals surface area (Å²) in [6.45, 7) is 5.61. The second kappa shape index (κ2) is 11.0. The van der Waals surface area contributed by atoms with Crippen molar-refractivity contribution in [1.29, 1.82) is 0 Å². The van der Waals surface area contributed by atoms with Crippen LogP contribution in [0.1, 0.15) is 49.7 Å². The van der Waals surface area contributed by atoms with Crippen molar-refractivity contribution in [2.75, 3.05) is 18.4 Å². The second-order valence-corrected chi connectivity index (χ2v) is 9.78. The number of anilines is 2. The lowest BCUT2D eigenvalue weighted by Crippen LogP contribution is -2.55. The van der Waals surface area contributed by atoms with Crippen LogP contribution in [0, 0.1) is 6.92 Å². The highest BCUT2D eigenvalue weighted by molar-refractivity contribution is 5.94. The van der Waals surface area contributed by atoms with Crippen molar-refractivity contribution in [3.8, 4) is 5.75 Å². The Kier molecular flexibility index (Phi) is 8.32. The maximum Gasteiger partial charge on any atom is 0.573 e. The van der Waals surface area contributed by atoms with Crippen molar-refractivity contribution >= 4 is 23.6 Å². The van der Waals surface area contributed by atoms with Crippen LogP contribution in [0.5, 0.6) is 5.75 Å². The molecule has 0 aliphatic carbocycles. The maximum atomic E-state index is 14.3. The van der Waals surface area contributed by atoms with Crippen molar-refractivity contribution in [3.05, 3.63) is 41.7 Å². The number of hydrogen-bond acceptors (Lipinski definition) is 7. The number of likely N-dealkylation sites (tertiary alicyclic amines) is 1. The summed E-state index contributed by atoms with van der Waals surface area (Å²) in [6, 6.07) is 4.22. The summed E-state index contributed by atoms with van der Waals surface area (Å²) >= 11 is 0. The van der Waals surface area contributed by atoms with Gasteiger partial charge in [0, 0.05) is 25.2 Å². The van der Waals surface area contributed by atoms with E-state index in [1.54, 1.807) is 27.7 Å². The van der Waals surface area contributed by atoms with E-state index in [0.29, 0.717) is 5.56 Å². The van der Waals surface area contributed by atoms with Gasteiger partial charge < -0.3 is 25.0 Å². The number of piperidine rings is 1. The molecule has 2 aromatic heterocycles. The number of pyridine rings is 2. The number of alkyl halides is 5. The summed E-state index contributed by atoms with van der Waals surface area (Å²) in [5.74, 6) is -4.45.